The van der Waals surface area contributed by atoms with Gasteiger partial charge in [-0.15, -0.1) is 0 Å². The number of halogens is 2. The predicted molar refractivity (Wildman–Crippen MR) is 77.6 cm³/mol. The summed E-state index contributed by atoms with van der Waals surface area (Å²) in [5.74, 6) is -0.191. The van der Waals surface area contributed by atoms with E-state index in [1.165, 1.54) is 18.2 Å². The highest BCUT2D eigenvalue weighted by Crippen LogP contribution is 2.29. The number of likely N-dealkylation sites (tertiary alicyclic amines) is 1. The molecule has 0 amide bonds. The predicted octanol–water partition coefficient (Wildman–Crippen LogP) is 3.35. The van der Waals surface area contributed by atoms with Crippen molar-refractivity contribution >= 4 is 0 Å². The first-order chi connectivity index (χ1) is 9.63. The molecule has 112 valence electrons. The zero-order chi connectivity index (χ0) is 14.5. The van der Waals surface area contributed by atoms with E-state index in [0.29, 0.717) is 5.92 Å². The molecule has 0 aromatic heterocycles. The van der Waals surface area contributed by atoms with E-state index in [-0.39, 0.29) is 11.6 Å². The van der Waals surface area contributed by atoms with E-state index in [4.69, 9.17) is 0 Å². The van der Waals surface area contributed by atoms with Gasteiger partial charge in [-0.1, -0.05) is 13.0 Å². The Labute approximate surface area is 120 Å². The summed E-state index contributed by atoms with van der Waals surface area (Å²) in [5, 5.41) is 3.37. The maximum atomic E-state index is 13.8. The summed E-state index contributed by atoms with van der Waals surface area (Å²) in [6.07, 6.45) is 2.18. The molecule has 2 nitrogen and oxygen atoms in total. The van der Waals surface area contributed by atoms with Crippen molar-refractivity contribution in [3.63, 3.8) is 0 Å². The van der Waals surface area contributed by atoms with Gasteiger partial charge in [0, 0.05) is 11.6 Å². The lowest BCUT2D eigenvalue weighted by molar-refractivity contribution is 0.136. The maximum Gasteiger partial charge on any atom is 0.130 e. The fourth-order valence-electron chi connectivity index (χ4n) is 2.99. The molecule has 2 rings (SSSR count). The van der Waals surface area contributed by atoms with Crippen molar-refractivity contribution in [2.24, 2.45) is 5.92 Å². The molecule has 1 aromatic rings. The fraction of sp³-hybridized carbons (Fsp3) is 0.625. The SMILES string of the molecule is CCNCC1CCN(C(C)c2c(F)cccc2F)CC1. The summed E-state index contributed by atoms with van der Waals surface area (Å²) in [4.78, 5) is 2.18. The van der Waals surface area contributed by atoms with Crippen molar-refractivity contribution in [3.05, 3.63) is 35.4 Å². The topological polar surface area (TPSA) is 15.3 Å². The Bertz CT molecular complexity index is 408. The van der Waals surface area contributed by atoms with Gasteiger partial charge in [0.2, 0.25) is 0 Å². The zero-order valence-corrected chi connectivity index (χ0v) is 12.3. The average Bonchev–Trinajstić information content (AvgIpc) is 2.45. The molecule has 1 saturated heterocycles. The molecule has 0 saturated carbocycles. The number of nitrogens with one attached hydrogen (secondary N) is 1. The molecular formula is C16H24F2N2. The van der Waals surface area contributed by atoms with Gasteiger partial charge in [0.15, 0.2) is 0 Å². The normalized spacial score (nSPS) is 19.2. The lowest BCUT2D eigenvalue weighted by atomic mass is 9.94. The van der Waals surface area contributed by atoms with Crippen LogP contribution in [0.3, 0.4) is 0 Å². The summed E-state index contributed by atoms with van der Waals surface area (Å²) < 4.78 is 27.6. The molecule has 1 aliphatic rings. The van der Waals surface area contributed by atoms with Crippen LogP contribution in [0.25, 0.3) is 0 Å². The second kappa shape index (κ2) is 7.14. The summed E-state index contributed by atoms with van der Waals surface area (Å²) >= 11 is 0. The Balaban J connectivity index is 1.96. The van der Waals surface area contributed by atoms with Crippen LogP contribution >= 0.6 is 0 Å². The lowest BCUT2D eigenvalue weighted by Crippen LogP contribution is -2.39. The molecule has 1 N–H and O–H groups in total. The third-order valence-electron chi connectivity index (χ3n) is 4.30. The van der Waals surface area contributed by atoms with Gasteiger partial charge in [-0.25, -0.2) is 8.78 Å². The Morgan fingerprint density at radius 1 is 1.25 bits per heavy atom. The highest BCUT2D eigenvalue weighted by atomic mass is 19.1. The Kier molecular flexibility index (Phi) is 5.49. The second-order valence-corrected chi connectivity index (χ2v) is 5.60. The van der Waals surface area contributed by atoms with Gasteiger partial charge in [0.25, 0.3) is 0 Å². The molecule has 20 heavy (non-hydrogen) atoms. The second-order valence-electron chi connectivity index (χ2n) is 5.60. The van der Waals surface area contributed by atoms with Crippen LogP contribution in [-0.2, 0) is 0 Å². The van der Waals surface area contributed by atoms with Gasteiger partial charge < -0.3 is 5.32 Å². The minimum absolute atomic E-state index is 0.198. The van der Waals surface area contributed by atoms with Crippen LogP contribution < -0.4 is 5.32 Å². The molecule has 1 aliphatic heterocycles. The molecule has 1 aromatic carbocycles. The molecule has 0 bridgehead atoms. The molecule has 1 heterocycles. The molecule has 0 spiro atoms. The van der Waals surface area contributed by atoms with Gasteiger partial charge in [0.05, 0.1) is 0 Å². The zero-order valence-electron chi connectivity index (χ0n) is 12.3. The maximum absolute atomic E-state index is 13.8. The summed E-state index contributed by atoms with van der Waals surface area (Å²) in [6.45, 7) is 7.87. The number of benzene rings is 1. The Morgan fingerprint density at radius 2 is 1.85 bits per heavy atom. The summed E-state index contributed by atoms with van der Waals surface area (Å²) in [7, 11) is 0. The number of hydrogen-bond acceptors (Lipinski definition) is 2. The van der Waals surface area contributed by atoms with E-state index in [2.05, 4.69) is 17.1 Å². The first-order valence-corrected chi connectivity index (χ1v) is 7.52. The van der Waals surface area contributed by atoms with Gasteiger partial charge >= 0.3 is 0 Å². The fourth-order valence-corrected chi connectivity index (χ4v) is 2.99. The van der Waals surface area contributed by atoms with E-state index < -0.39 is 11.6 Å². The largest absolute Gasteiger partial charge is 0.317 e. The summed E-state index contributed by atoms with van der Waals surface area (Å²) in [5.41, 5.74) is 0.206. The Morgan fingerprint density at radius 3 is 2.40 bits per heavy atom. The van der Waals surface area contributed by atoms with Gasteiger partial charge in [-0.3, -0.25) is 4.90 Å². The number of nitrogens with zero attached hydrogens (tertiary/aromatic N) is 1. The standard InChI is InChI=1S/C16H24F2N2/c1-3-19-11-13-7-9-20(10-8-13)12(2)16-14(17)5-4-6-15(16)18/h4-6,12-13,19H,3,7-11H2,1-2H3. The van der Waals surface area contributed by atoms with Gasteiger partial charge in [0.1, 0.15) is 11.6 Å². The Hall–Kier alpha value is -1.00. The average molecular weight is 282 g/mol. The number of rotatable bonds is 5. The van der Waals surface area contributed by atoms with E-state index in [1.807, 2.05) is 6.92 Å². The van der Waals surface area contributed by atoms with Crippen LogP contribution in [0.1, 0.15) is 38.3 Å². The van der Waals surface area contributed by atoms with Crippen LogP contribution in [0.2, 0.25) is 0 Å². The third kappa shape index (κ3) is 3.55. The molecule has 4 heteroatoms. The van der Waals surface area contributed by atoms with Crippen molar-refractivity contribution in [1.29, 1.82) is 0 Å². The lowest BCUT2D eigenvalue weighted by Gasteiger charge is -2.36. The van der Waals surface area contributed by atoms with Crippen molar-refractivity contribution in [2.45, 2.75) is 32.7 Å². The first kappa shape index (κ1) is 15.4. The summed E-state index contributed by atoms with van der Waals surface area (Å²) in [6, 6.07) is 3.90. The van der Waals surface area contributed by atoms with Gasteiger partial charge in [-0.05, 0) is 64.0 Å². The van der Waals surface area contributed by atoms with Crippen LogP contribution in [0.5, 0.6) is 0 Å². The van der Waals surface area contributed by atoms with Crippen LogP contribution in [0.15, 0.2) is 18.2 Å². The number of hydrogen-bond donors (Lipinski definition) is 1. The highest BCUT2D eigenvalue weighted by molar-refractivity contribution is 5.23. The van der Waals surface area contributed by atoms with Crippen molar-refractivity contribution in [3.8, 4) is 0 Å². The van der Waals surface area contributed by atoms with E-state index >= 15 is 0 Å². The monoisotopic (exact) mass is 282 g/mol. The number of piperidine rings is 1. The van der Waals surface area contributed by atoms with Crippen molar-refractivity contribution in [2.75, 3.05) is 26.2 Å². The minimum Gasteiger partial charge on any atom is -0.317 e. The van der Waals surface area contributed by atoms with Crippen molar-refractivity contribution < 1.29 is 8.78 Å². The minimum atomic E-state index is -0.438. The molecule has 1 atom stereocenters. The molecule has 0 radical (unpaired) electrons. The first-order valence-electron chi connectivity index (χ1n) is 7.52. The van der Waals surface area contributed by atoms with Crippen LogP contribution in [-0.4, -0.2) is 31.1 Å². The smallest absolute Gasteiger partial charge is 0.130 e. The van der Waals surface area contributed by atoms with Crippen LogP contribution in [0.4, 0.5) is 8.78 Å². The molecule has 1 unspecified atom stereocenters. The van der Waals surface area contributed by atoms with E-state index in [1.54, 1.807) is 0 Å². The third-order valence-corrected chi connectivity index (χ3v) is 4.30. The van der Waals surface area contributed by atoms with Gasteiger partial charge in [-0.2, -0.15) is 0 Å². The van der Waals surface area contributed by atoms with Crippen LogP contribution in [0, 0.1) is 17.6 Å². The van der Waals surface area contributed by atoms with E-state index in [9.17, 15) is 8.78 Å². The molecule has 0 aliphatic carbocycles. The molecular weight excluding hydrogens is 258 g/mol. The molecule has 1 fully saturated rings. The highest BCUT2D eigenvalue weighted by Gasteiger charge is 2.26. The van der Waals surface area contributed by atoms with E-state index in [0.717, 1.165) is 39.0 Å². The van der Waals surface area contributed by atoms with Crippen molar-refractivity contribution in [1.82, 2.24) is 10.2 Å². The quantitative estimate of drug-likeness (QED) is 0.891.